The lowest BCUT2D eigenvalue weighted by Gasteiger charge is -2.34. The van der Waals surface area contributed by atoms with Crippen LogP contribution in [0.25, 0.3) is 93.2 Å². The minimum atomic E-state index is -0.346. The van der Waals surface area contributed by atoms with Crippen molar-refractivity contribution >= 4 is 87.5 Å². The summed E-state index contributed by atoms with van der Waals surface area (Å²) in [6.45, 7) is 9.50. The number of aromatic nitrogens is 4. The molecule has 7 aromatic carbocycles. The third kappa shape index (κ3) is 4.66. The molecule has 5 heterocycles. The van der Waals surface area contributed by atoms with E-state index in [0.29, 0.717) is 0 Å². The molecule has 290 valence electrons. The molecular formula is C55H44N4O. The Kier molecular flexibility index (Phi) is 7.38. The van der Waals surface area contributed by atoms with Crippen LogP contribution in [0.2, 0.25) is 0 Å². The van der Waals surface area contributed by atoms with E-state index >= 15 is 0 Å². The number of nitrogens with zero attached hydrogens (tertiary/aromatic N) is 4. The molecule has 0 saturated carbocycles. The average Bonchev–Trinajstić information content (AvgIpc) is 4.04. The van der Waals surface area contributed by atoms with Crippen molar-refractivity contribution in [2.24, 2.45) is 0 Å². The first kappa shape index (κ1) is 34.9. The molecule has 0 N–H and O–H groups in total. The van der Waals surface area contributed by atoms with E-state index in [0.717, 1.165) is 40.6 Å². The Labute approximate surface area is 347 Å². The molecule has 5 nitrogen and oxygen atoms in total. The summed E-state index contributed by atoms with van der Waals surface area (Å²) in [5.74, 6) is 0. The lowest BCUT2D eigenvalue weighted by molar-refractivity contribution is 0.400. The smallest absolute Gasteiger partial charge is 0.153 e. The van der Waals surface area contributed by atoms with Gasteiger partial charge in [-0.05, 0) is 117 Å². The van der Waals surface area contributed by atoms with Gasteiger partial charge < -0.3 is 18.1 Å². The van der Waals surface area contributed by atoms with E-state index in [9.17, 15) is 0 Å². The van der Waals surface area contributed by atoms with Crippen molar-refractivity contribution in [2.45, 2.75) is 51.6 Å². The predicted molar refractivity (Wildman–Crippen MR) is 251 cm³/mol. The van der Waals surface area contributed by atoms with E-state index in [4.69, 9.17) is 4.42 Å². The van der Waals surface area contributed by atoms with Gasteiger partial charge in [-0.1, -0.05) is 98.8 Å². The summed E-state index contributed by atoms with van der Waals surface area (Å²) in [6, 6.07) is 60.4. The van der Waals surface area contributed by atoms with Crippen LogP contribution in [-0.2, 0) is 11.1 Å². The Morgan fingerprint density at radius 3 is 1.48 bits per heavy atom. The van der Waals surface area contributed by atoms with Crippen molar-refractivity contribution in [3.8, 4) is 5.69 Å². The Hall–Kier alpha value is -7.11. The molecule has 0 bridgehead atoms. The van der Waals surface area contributed by atoms with Gasteiger partial charge in [0.2, 0.25) is 0 Å². The molecule has 0 radical (unpaired) electrons. The quantitative estimate of drug-likeness (QED) is 0.162. The molecule has 0 spiro atoms. The third-order valence-corrected chi connectivity index (χ3v) is 14.0. The van der Waals surface area contributed by atoms with E-state index in [-0.39, 0.29) is 11.1 Å². The van der Waals surface area contributed by atoms with Crippen LogP contribution in [0.1, 0.15) is 51.7 Å². The lowest BCUT2D eigenvalue weighted by Crippen LogP contribution is -2.31. The number of fused-ring (bicyclic) bond motifs is 12. The average molecular weight is 777 g/mol. The van der Waals surface area contributed by atoms with Gasteiger partial charge in [-0.3, -0.25) is 4.98 Å². The molecule has 5 heteroatoms. The van der Waals surface area contributed by atoms with E-state index in [1.807, 2.05) is 18.3 Å². The van der Waals surface area contributed by atoms with Crippen LogP contribution >= 0.6 is 0 Å². The molecule has 0 saturated heterocycles. The molecule has 0 aliphatic rings. The number of hydrogen-bond acceptors (Lipinski definition) is 2. The standard InChI is InChI=1S/C55H44N4O/c1-5-54(3,58-47-21-12-8-16-38(47)39-17-9-13-22-48(39)58)36-26-29-50-43(33-36)41-19-10-14-23-49(41)59(50)55(4,6-2)35-25-28-46-42(32-35)40-18-7-11-20-45(40)57(46)37-27-30-51-44(34-37)53-52(60-51)24-15-31-56-53/h7-34H,5-6H2,1-4H3. The van der Waals surface area contributed by atoms with Gasteiger partial charge in [0.15, 0.2) is 5.58 Å². The highest BCUT2D eigenvalue weighted by molar-refractivity contribution is 6.12. The number of hydrogen-bond donors (Lipinski definition) is 0. The fourth-order valence-corrected chi connectivity index (χ4v) is 10.6. The first-order chi connectivity index (χ1) is 29.4. The number of furan rings is 1. The number of para-hydroxylation sites is 4. The van der Waals surface area contributed by atoms with Gasteiger partial charge >= 0.3 is 0 Å². The maximum absolute atomic E-state index is 6.16. The van der Waals surface area contributed by atoms with E-state index in [1.54, 1.807) is 0 Å². The van der Waals surface area contributed by atoms with Gasteiger partial charge in [-0.25, -0.2) is 0 Å². The zero-order valence-electron chi connectivity index (χ0n) is 34.3. The Morgan fingerprint density at radius 2 is 0.900 bits per heavy atom. The van der Waals surface area contributed by atoms with E-state index < -0.39 is 0 Å². The van der Waals surface area contributed by atoms with Crippen molar-refractivity contribution in [3.05, 3.63) is 181 Å². The van der Waals surface area contributed by atoms with Gasteiger partial charge in [0.1, 0.15) is 11.1 Å². The van der Waals surface area contributed by atoms with Crippen molar-refractivity contribution in [3.63, 3.8) is 0 Å². The first-order valence-electron chi connectivity index (χ1n) is 21.3. The van der Waals surface area contributed by atoms with Gasteiger partial charge in [0.25, 0.3) is 0 Å². The van der Waals surface area contributed by atoms with Gasteiger partial charge in [-0.15, -0.1) is 0 Å². The van der Waals surface area contributed by atoms with Crippen molar-refractivity contribution < 1.29 is 4.42 Å². The lowest BCUT2D eigenvalue weighted by atomic mass is 9.86. The second-order valence-electron chi connectivity index (χ2n) is 16.9. The van der Waals surface area contributed by atoms with Crippen LogP contribution in [0.5, 0.6) is 0 Å². The highest BCUT2D eigenvalue weighted by Gasteiger charge is 2.34. The van der Waals surface area contributed by atoms with Gasteiger partial charge in [-0.2, -0.15) is 0 Å². The summed E-state index contributed by atoms with van der Waals surface area (Å²) in [7, 11) is 0. The number of benzene rings is 7. The minimum absolute atomic E-state index is 0.279. The molecule has 12 aromatic rings. The first-order valence-corrected chi connectivity index (χ1v) is 21.3. The molecule has 5 aromatic heterocycles. The molecule has 2 unspecified atom stereocenters. The van der Waals surface area contributed by atoms with Crippen LogP contribution in [0.4, 0.5) is 0 Å². The monoisotopic (exact) mass is 776 g/mol. The highest BCUT2D eigenvalue weighted by Crippen LogP contribution is 2.45. The van der Waals surface area contributed by atoms with E-state index in [2.05, 4.69) is 198 Å². The van der Waals surface area contributed by atoms with Crippen molar-refractivity contribution in [1.29, 1.82) is 0 Å². The van der Waals surface area contributed by atoms with Gasteiger partial charge in [0, 0.05) is 71.7 Å². The van der Waals surface area contributed by atoms with Gasteiger partial charge in [0.05, 0.1) is 22.1 Å². The Balaban J connectivity index is 1.05. The summed E-state index contributed by atoms with van der Waals surface area (Å²) >= 11 is 0. The second kappa shape index (κ2) is 12.7. The van der Waals surface area contributed by atoms with E-state index in [1.165, 1.54) is 76.5 Å². The number of rotatable bonds is 7. The normalized spacial score (nSPS) is 14.4. The highest BCUT2D eigenvalue weighted by atomic mass is 16.3. The largest absolute Gasteiger partial charge is 0.454 e. The maximum Gasteiger partial charge on any atom is 0.153 e. The zero-order chi connectivity index (χ0) is 40.3. The van der Waals surface area contributed by atoms with Crippen LogP contribution < -0.4 is 0 Å². The summed E-state index contributed by atoms with van der Waals surface area (Å²) in [5, 5.41) is 8.67. The molecular weight excluding hydrogens is 733 g/mol. The van der Waals surface area contributed by atoms with Crippen molar-refractivity contribution in [1.82, 2.24) is 18.7 Å². The molecule has 60 heavy (non-hydrogen) atoms. The van der Waals surface area contributed by atoms with Crippen LogP contribution in [0.3, 0.4) is 0 Å². The summed E-state index contributed by atoms with van der Waals surface area (Å²) in [5.41, 5.74) is 13.0. The van der Waals surface area contributed by atoms with Crippen molar-refractivity contribution in [2.75, 3.05) is 0 Å². The Bertz CT molecular complexity index is 3640. The fraction of sp³-hybridized carbons (Fsp3) is 0.145. The topological polar surface area (TPSA) is 40.8 Å². The van der Waals surface area contributed by atoms with Crippen LogP contribution in [0.15, 0.2) is 174 Å². The summed E-state index contributed by atoms with van der Waals surface area (Å²) in [4.78, 5) is 4.68. The number of pyridine rings is 1. The van der Waals surface area contributed by atoms with Crippen LogP contribution in [-0.4, -0.2) is 18.7 Å². The fourth-order valence-electron chi connectivity index (χ4n) is 10.6. The molecule has 2 atom stereocenters. The summed E-state index contributed by atoms with van der Waals surface area (Å²) in [6.07, 6.45) is 3.70. The SMILES string of the molecule is CCC(C)(c1ccc2c(c1)c1ccccc1n2C(C)(CC)c1ccc2c(c1)c1ccccc1n2-c1ccc2oc3cccnc3c2c1)n1c2ccccc2c2ccccc21. The zero-order valence-corrected chi connectivity index (χ0v) is 34.3. The Morgan fingerprint density at radius 1 is 0.433 bits per heavy atom. The molecule has 12 rings (SSSR count). The second-order valence-corrected chi connectivity index (χ2v) is 16.9. The minimum Gasteiger partial charge on any atom is -0.454 e. The molecule has 0 amide bonds. The molecule has 0 fully saturated rings. The molecule has 0 aliphatic heterocycles. The summed E-state index contributed by atoms with van der Waals surface area (Å²) < 4.78 is 13.8. The predicted octanol–water partition coefficient (Wildman–Crippen LogP) is 14.6. The van der Waals surface area contributed by atoms with Crippen LogP contribution in [0, 0.1) is 0 Å². The maximum atomic E-state index is 6.16. The molecule has 0 aliphatic carbocycles. The third-order valence-electron chi connectivity index (χ3n) is 14.0.